The Bertz CT molecular complexity index is 1620. The number of carbonyl (C=O) groups is 5. The molecule has 54 heavy (non-hydrogen) atoms. The zero-order valence-electron chi connectivity index (χ0n) is 33.4. The van der Waals surface area contributed by atoms with Gasteiger partial charge in [-0.05, 0) is 87.6 Å². The summed E-state index contributed by atoms with van der Waals surface area (Å²) in [4.78, 5) is 76.0. The van der Waals surface area contributed by atoms with E-state index in [2.05, 4.69) is 22.5 Å². The molecular weight excluding hydrogens is 709 g/mol. The fourth-order valence-corrected chi connectivity index (χ4v) is 8.40. The number of carboxylic acid groups (broad SMARTS) is 1. The fraction of sp³-hybridized carbons (Fsp3) is 0.650. The third-order valence-corrected chi connectivity index (χ3v) is 12.2. The Balaban J connectivity index is 1.52. The second-order valence-electron chi connectivity index (χ2n) is 15.9. The lowest BCUT2D eigenvalue weighted by Crippen LogP contribution is -2.57. The molecule has 1 aliphatic heterocycles. The van der Waals surface area contributed by atoms with Crippen LogP contribution in [-0.2, 0) is 30.3 Å². The summed E-state index contributed by atoms with van der Waals surface area (Å²) in [5.41, 5.74) is 1.82. The molecule has 6 atom stereocenters. The third kappa shape index (κ3) is 10.8. The quantitative estimate of drug-likeness (QED) is 0.168. The van der Waals surface area contributed by atoms with E-state index in [0.29, 0.717) is 11.4 Å². The van der Waals surface area contributed by atoms with E-state index in [4.69, 9.17) is 4.74 Å². The van der Waals surface area contributed by atoms with E-state index in [1.807, 2.05) is 69.1 Å². The molecule has 2 aliphatic rings. The van der Waals surface area contributed by atoms with Crippen LogP contribution in [0.5, 0.6) is 0 Å². The van der Waals surface area contributed by atoms with E-state index >= 15 is 0 Å². The normalized spacial score (nSPS) is 19.3. The van der Waals surface area contributed by atoms with Crippen molar-refractivity contribution in [2.45, 2.75) is 116 Å². The molecule has 1 saturated carbocycles. The van der Waals surface area contributed by atoms with Crippen molar-refractivity contribution in [3.8, 4) is 0 Å². The number of rotatable bonds is 19. The van der Waals surface area contributed by atoms with Crippen LogP contribution in [0.15, 0.2) is 29.6 Å². The molecule has 2 heterocycles. The Kier molecular flexibility index (Phi) is 14.7. The van der Waals surface area contributed by atoms with Gasteiger partial charge in [0.1, 0.15) is 16.7 Å². The van der Waals surface area contributed by atoms with Crippen LogP contribution in [-0.4, -0.2) is 108 Å². The highest BCUT2D eigenvalue weighted by Gasteiger charge is 2.53. The third-order valence-electron chi connectivity index (χ3n) is 11.3. The molecule has 1 saturated heterocycles. The summed E-state index contributed by atoms with van der Waals surface area (Å²) >= 11 is 1.19. The number of carboxylic acids is 1. The number of thiazole rings is 1. The molecule has 0 bridgehead atoms. The van der Waals surface area contributed by atoms with E-state index in [0.717, 1.165) is 49.9 Å². The van der Waals surface area contributed by atoms with Crippen molar-refractivity contribution in [2.24, 2.45) is 17.3 Å². The van der Waals surface area contributed by atoms with Gasteiger partial charge in [0.15, 0.2) is 6.10 Å². The molecule has 2 fully saturated rings. The van der Waals surface area contributed by atoms with Crippen molar-refractivity contribution in [3.05, 3.63) is 45.9 Å². The molecule has 1 aliphatic carbocycles. The van der Waals surface area contributed by atoms with Crippen LogP contribution in [0.4, 0.5) is 5.69 Å². The zero-order valence-corrected chi connectivity index (χ0v) is 34.2. The largest absolute Gasteiger partial charge is 0.481 e. The molecule has 2 aromatic rings. The number of likely N-dealkylation sites (N-methyl/N-ethyl adjacent to an activating group) is 2. The minimum absolute atomic E-state index is 0.0439. The fourth-order valence-electron chi connectivity index (χ4n) is 7.56. The average Bonchev–Trinajstić information content (AvgIpc) is 3.51. The van der Waals surface area contributed by atoms with Crippen LogP contribution >= 0.6 is 11.3 Å². The minimum Gasteiger partial charge on any atom is -0.481 e. The lowest BCUT2D eigenvalue weighted by Gasteiger charge is -2.38. The van der Waals surface area contributed by atoms with Gasteiger partial charge in [-0.2, -0.15) is 0 Å². The topological polar surface area (TPSA) is 161 Å². The number of hydrogen-bond donors (Lipinski definition) is 3. The minimum atomic E-state index is -0.947. The lowest BCUT2D eigenvalue weighted by molar-refractivity contribution is -0.149. The van der Waals surface area contributed by atoms with Crippen molar-refractivity contribution in [1.82, 2.24) is 25.4 Å². The number of hydrogen-bond acceptors (Lipinski definition) is 10. The highest BCUT2D eigenvalue weighted by molar-refractivity contribution is 7.09. The highest BCUT2D eigenvalue weighted by atomic mass is 32.1. The Hall–Kier alpha value is -4.04. The summed E-state index contributed by atoms with van der Waals surface area (Å²) < 4.78 is 5.81. The van der Waals surface area contributed by atoms with Crippen molar-refractivity contribution in [2.75, 3.05) is 39.6 Å². The number of likely N-dealkylation sites (tertiary alicyclic amines) is 1. The lowest BCUT2D eigenvalue weighted by atomic mass is 9.89. The van der Waals surface area contributed by atoms with E-state index in [1.165, 1.54) is 18.3 Å². The molecule has 1 aromatic heterocycles. The van der Waals surface area contributed by atoms with Crippen LogP contribution in [0.3, 0.4) is 0 Å². The predicted octanol–water partition coefficient (Wildman–Crippen LogP) is 4.91. The molecule has 3 N–H and O–H groups in total. The summed E-state index contributed by atoms with van der Waals surface area (Å²) in [6, 6.07) is 6.10. The maximum Gasteiger partial charge on any atom is 0.306 e. The first-order valence-electron chi connectivity index (χ1n) is 19.2. The molecule has 1 aromatic carbocycles. The Labute approximate surface area is 324 Å². The number of aromatic nitrogens is 1. The van der Waals surface area contributed by atoms with Gasteiger partial charge >= 0.3 is 11.9 Å². The molecule has 4 rings (SSSR count). The molecule has 6 unspecified atom stereocenters. The van der Waals surface area contributed by atoms with E-state index in [1.54, 1.807) is 24.3 Å². The summed E-state index contributed by atoms with van der Waals surface area (Å²) in [5.74, 6) is -2.94. The van der Waals surface area contributed by atoms with Gasteiger partial charge in [0.25, 0.3) is 5.91 Å². The molecule has 14 heteroatoms. The molecule has 3 amide bonds. The number of ether oxygens (including phenoxy) is 1. The van der Waals surface area contributed by atoms with Gasteiger partial charge in [-0.3, -0.25) is 28.9 Å². The van der Waals surface area contributed by atoms with Crippen LogP contribution < -0.4 is 15.5 Å². The molecule has 0 spiro atoms. The number of carbonyl (C=O) groups excluding carboxylic acids is 4. The van der Waals surface area contributed by atoms with Crippen LogP contribution in [0.25, 0.3) is 0 Å². The molecular formula is C40H60N6O7S. The molecule has 0 radical (unpaired) electrons. The maximum atomic E-state index is 14.4. The maximum absolute atomic E-state index is 14.4. The number of esters is 1. The van der Waals surface area contributed by atoms with Gasteiger partial charge in [0.2, 0.25) is 11.8 Å². The predicted molar refractivity (Wildman–Crippen MR) is 209 cm³/mol. The number of benzene rings is 1. The molecule has 298 valence electrons. The van der Waals surface area contributed by atoms with Gasteiger partial charge in [-0.15, -0.1) is 11.3 Å². The second-order valence-corrected chi connectivity index (χ2v) is 16.8. The number of nitrogens with zero attached hydrogens (tertiary/aromatic N) is 4. The SMILES string of the molecule is CCC1(C(NC(=O)C2CCCN2C)C(=O)N(C)C(CC(OC(C)=O)c2nc(C(=O)NC(Cc3ccc(N(C)C)cc3)CC(C)C(=O)O)cs2)C(C)C)CC1. The summed E-state index contributed by atoms with van der Waals surface area (Å²) in [6.07, 6.45) is 4.24. The van der Waals surface area contributed by atoms with Crippen molar-refractivity contribution >= 4 is 46.7 Å². The number of anilines is 1. The summed E-state index contributed by atoms with van der Waals surface area (Å²) in [5, 5.41) is 17.8. The van der Waals surface area contributed by atoms with E-state index in [-0.39, 0.29) is 53.8 Å². The number of nitrogens with one attached hydrogen (secondary N) is 2. The highest BCUT2D eigenvalue weighted by Crippen LogP contribution is 2.52. The van der Waals surface area contributed by atoms with Gasteiger partial charge in [0.05, 0.1) is 12.0 Å². The van der Waals surface area contributed by atoms with Crippen molar-refractivity contribution in [3.63, 3.8) is 0 Å². The second kappa shape index (κ2) is 18.5. The van der Waals surface area contributed by atoms with Crippen LogP contribution in [0, 0.1) is 17.3 Å². The van der Waals surface area contributed by atoms with Gasteiger partial charge < -0.3 is 30.3 Å². The smallest absolute Gasteiger partial charge is 0.306 e. The van der Waals surface area contributed by atoms with Crippen molar-refractivity contribution < 1.29 is 33.8 Å². The number of amides is 3. The van der Waals surface area contributed by atoms with Gasteiger partial charge in [-0.25, -0.2) is 4.98 Å². The Morgan fingerprint density at radius 2 is 1.72 bits per heavy atom. The first-order chi connectivity index (χ1) is 25.5. The van der Waals surface area contributed by atoms with E-state index < -0.39 is 42.0 Å². The Morgan fingerprint density at radius 3 is 2.24 bits per heavy atom. The number of aliphatic carboxylic acids is 1. The summed E-state index contributed by atoms with van der Waals surface area (Å²) in [6.45, 7) is 9.84. The zero-order chi connectivity index (χ0) is 39.9. The first-order valence-corrected chi connectivity index (χ1v) is 20.0. The molecule has 13 nitrogen and oxygen atoms in total. The summed E-state index contributed by atoms with van der Waals surface area (Å²) in [7, 11) is 7.59. The van der Waals surface area contributed by atoms with Crippen LogP contribution in [0.2, 0.25) is 0 Å². The monoisotopic (exact) mass is 768 g/mol. The average molecular weight is 769 g/mol. The standard InChI is InChI=1S/C40H60N6O7S/c1-10-40(17-18-40)34(43-36(49)31-12-11-19-45(31)8)38(50)46(9)32(24(2)3)22-33(53-26(5)47)37-42-30(23-54-37)35(48)41-28(20-25(4)39(51)52)21-27-13-15-29(16-14-27)44(6)7/h13-16,23-25,28,31-34H,10-12,17-22H2,1-9H3,(H,41,48)(H,43,49)(H,51,52). The van der Waals surface area contributed by atoms with Crippen molar-refractivity contribution in [1.29, 1.82) is 0 Å². The van der Waals surface area contributed by atoms with E-state index in [9.17, 15) is 29.1 Å². The Morgan fingerprint density at radius 1 is 1.06 bits per heavy atom. The van der Waals surface area contributed by atoms with Gasteiger partial charge in [-0.1, -0.05) is 39.8 Å². The first kappa shape index (κ1) is 42.7. The van der Waals surface area contributed by atoms with Gasteiger partial charge in [0, 0.05) is 57.6 Å². The van der Waals surface area contributed by atoms with Crippen LogP contribution in [0.1, 0.15) is 107 Å².